The number of hydrogen-bond donors (Lipinski definition) is 3. The fourth-order valence-corrected chi connectivity index (χ4v) is 5.71. The summed E-state index contributed by atoms with van der Waals surface area (Å²) in [5, 5.41) is 14.5. The number of methoxy groups -OCH3 is 1. The van der Waals surface area contributed by atoms with Crippen LogP contribution in [0.25, 0.3) is 11.3 Å². The minimum Gasteiger partial charge on any atom is -0.598 e. The molecule has 4 rings (SSSR count). The number of amides is 1. The molecule has 3 N–H and O–H groups in total. The number of carbonyl (C=O) groups excluding carboxylic acids is 2. The van der Waals surface area contributed by atoms with E-state index in [2.05, 4.69) is 10.0 Å². The molecule has 2 aromatic carbocycles. The minimum atomic E-state index is -1.68. The Kier molecular flexibility index (Phi) is 11.3. The second kappa shape index (κ2) is 14.7. The molecule has 48 heavy (non-hydrogen) atoms. The standard InChI is InChI=1S/C35H44FN3O8S/c1-9-29(40)47-21(2)18-45-26-15-12-23(16-27(26)44-8)32(41)37-19-35(7,42)28-17-25-31(30(38-28)22-10-13-24(36)14-11-22)46-20-34(25,6)39-48(43)33(3,4)5/h10-17,21,39,42H,9,18-20H2,1-8H3,(H,37,41). The van der Waals surface area contributed by atoms with E-state index < -0.39 is 45.1 Å². The molecule has 1 aliphatic heterocycles. The molecule has 1 amide bonds. The topological polar surface area (TPSA) is 151 Å². The first-order chi connectivity index (χ1) is 22.5. The van der Waals surface area contributed by atoms with E-state index in [1.54, 1.807) is 44.2 Å². The van der Waals surface area contributed by atoms with Crippen LogP contribution in [-0.2, 0) is 32.0 Å². The number of fused-ring (bicyclic) bond motifs is 1. The van der Waals surface area contributed by atoms with Gasteiger partial charge in [-0.3, -0.25) is 9.59 Å². The van der Waals surface area contributed by atoms with E-state index in [0.29, 0.717) is 34.1 Å². The highest BCUT2D eigenvalue weighted by Gasteiger charge is 2.45. The van der Waals surface area contributed by atoms with Gasteiger partial charge in [0.05, 0.1) is 19.3 Å². The van der Waals surface area contributed by atoms with Gasteiger partial charge in [0, 0.05) is 34.5 Å². The lowest BCUT2D eigenvalue weighted by molar-refractivity contribution is -0.149. The van der Waals surface area contributed by atoms with Crippen molar-refractivity contribution in [2.24, 2.45) is 0 Å². The van der Waals surface area contributed by atoms with Crippen LogP contribution in [0.5, 0.6) is 17.2 Å². The van der Waals surface area contributed by atoms with Crippen molar-refractivity contribution in [1.29, 1.82) is 0 Å². The van der Waals surface area contributed by atoms with Crippen molar-refractivity contribution in [3.63, 3.8) is 0 Å². The summed E-state index contributed by atoms with van der Waals surface area (Å²) in [7, 11) is 1.44. The smallest absolute Gasteiger partial charge is 0.305 e. The van der Waals surface area contributed by atoms with E-state index in [9.17, 15) is 23.6 Å². The number of aliphatic hydroxyl groups is 1. The quantitative estimate of drug-likeness (QED) is 0.167. The van der Waals surface area contributed by atoms with Gasteiger partial charge in [-0.1, -0.05) is 6.92 Å². The zero-order chi connectivity index (χ0) is 35.4. The lowest BCUT2D eigenvalue weighted by Crippen LogP contribution is -2.50. The molecule has 0 saturated carbocycles. The number of pyridine rings is 1. The Morgan fingerprint density at radius 3 is 2.46 bits per heavy atom. The molecule has 11 nitrogen and oxygen atoms in total. The van der Waals surface area contributed by atoms with E-state index in [0.717, 1.165) is 0 Å². The predicted molar refractivity (Wildman–Crippen MR) is 180 cm³/mol. The van der Waals surface area contributed by atoms with Crippen molar-refractivity contribution >= 4 is 23.2 Å². The summed E-state index contributed by atoms with van der Waals surface area (Å²) in [5.41, 5.74) is -0.553. The highest BCUT2D eigenvalue weighted by molar-refractivity contribution is 7.90. The van der Waals surface area contributed by atoms with Crippen LogP contribution in [0.4, 0.5) is 4.39 Å². The molecule has 3 aromatic rings. The van der Waals surface area contributed by atoms with Crippen LogP contribution in [0, 0.1) is 5.82 Å². The molecular weight excluding hydrogens is 641 g/mol. The Bertz CT molecular complexity index is 1630. The molecule has 0 aliphatic carbocycles. The van der Waals surface area contributed by atoms with Gasteiger partial charge in [-0.15, -0.1) is 4.72 Å². The predicted octanol–water partition coefficient (Wildman–Crippen LogP) is 4.91. The van der Waals surface area contributed by atoms with Gasteiger partial charge in [-0.05, 0) is 90.1 Å². The van der Waals surface area contributed by atoms with Crippen LogP contribution >= 0.6 is 0 Å². The molecule has 4 unspecified atom stereocenters. The minimum absolute atomic E-state index is 0.0932. The first-order valence-corrected chi connectivity index (χ1v) is 16.8. The molecule has 0 bridgehead atoms. The number of nitrogens with zero attached hydrogens (tertiary/aromatic N) is 1. The molecule has 1 aliphatic rings. The van der Waals surface area contributed by atoms with Gasteiger partial charge < -0.3 is 33.9 Å². The lowest BCUT2D eigenvalue weighted by Gasteiger charge is -2.32. The number of benzene rings is 2. The molecule has 0 fully saturated rings. The fourth-order valence-electron chi connectivity index (χ4n) is 4.83. The van der Waals surface area contributed by atoms with Crippen molar-refractivity contribution in [1.82, 2.24) is 15.0 Å². The van der Waals surface area contributed by atoms with Gasteiger partial charge >= 0.3 is 5.97 Å². The van der Waals surface area contributed by atoms with Crippen LogP contribution in [-0.4, -0.2) is 64.2 Å². The van der Waals surface area contributed by atoms with Gasteiger partial charge in [0.1, 0.15) is 46.7 Å². The molecule has 4 atom stereocenters. The van der Waals surface area contributed by atoms with Crippen LogP contribution in [0.1, 0.15) is 76.5 Å². The van der Waals surface area contributed by atoms with Gasteiger partial charge in [0.25, 0.3) is 5.91 Å². The zero-order valence-electron chi connectivity index (χ0n) is 28.6. The van der Waals surface area contributed by atoms with E-state index in [4.69, 9.17) is 23.9 Å². The van der Waals surface area contributed by atoms with Crippen molar-refractivity contribution < 1.29 is 42.6 Å². The summed E-state index contributed by atoms with van der Waals surface area (Å²) in [5.74, 6) is -0.148. The van der Waals surface area contributed by atoms with E-state index in [1.165, 1.54) is 32.2 Å². The third-order valence-electron chi connectivity index (χ3n) is 7.73. The summed E-state index contributed by atoms with van der Waals surface area (Å²) in [6.45, 7) is 12.4. The first kappa shape index (κ1) is 36.9. The second-order valence-corrected chi connectivity index (χ2v) is 15.1. The maximum atomic E-state index is 13.8. The number of esters is 1. The Hall–Kier alpha value is -3.91. The van der Waals surface area contributed by atoms with Crippen LogP contribution in [0.15, 0.2) is 48.5 Å². The first-order valence-electron chi connectivity index (χ1n) is 15.6. The maximum absolute atomic E-state index is 13.8. The number of rotatable bonds is 13. The van der Waals surface area contributed by atoms with E-state index in [-0.39, 0.29) is 43.4 Å². The number of hydrogen-bond acceptors (Lipinski definition) is 10. The number of aromatic nitrogens is 1. The highest BCUT2D eigenvalue weighted by Crippen LogP contribution is 2.45. The third kappa shape index (κ3) is 8.56. The summed E-state index contributed by atoms with van der Waals surface area (Å²) in [4.78, 5) is 29.5. The monoisotopic (exact) mass is 685 g/mol. The van der Waals surface area contributed by atoms with Crippen molar-refractivity contribution in [3.05, 3.63) is 71.2 Å². The number of carbonyl (C=O) groups is 2. The molecule has 0 saturated heterocycles. The number of nitrogens with one attached hydrogen (secondary N) is 2. The molecule has 0 radical (unpaired) electrons. The number of ether oxygens (including phenoxy) is 4. The van der Waals surface area contributed by atoms with E-state index in [1.807, 2.05) is 27.7 Å². The van der Waals surface area contributed by atoms with Gasteiger partial charge in [0.15, 0.2) is 17.2 Å². The second-order valence-electron chi connectivity index (χ2n) is 13.1. The lowest BCUT2D eigenvalue weighted by atomic mass is 9.90. The van der Waals surface area contributed by atoms with Gasteiger partial charge in [-0.2, -0.15) is 0 Å². The van der Waals surface area contributed by atoms with Gasteiger partial charge in [-0.25, -0.2) is 9.37 Å². The Balaban J connectivity index is 1.58. The Morgan fingerprint density at radius 2 is 1.83 bits per heavy atom. The molecule has 2 heterocycles. The van der Waals surface area contributed by atoms with Crippen molar-refractivity contribution in [2.75, 3.05) is 26.9 Å². The van der Waals surface area contributed by atoms with Gasteiger partial charge in [0.2, 0.25) is 0 Å². The van der Waals surface area contributed by atoms with Crippen molar-refractivity contribution in [2.45, 2.75) is 76.9 Å². The molecule has 1 aromatic heterocycles. The van der Waals surface area contributed by atoms with Crippen LogP contribution in [0.2, 0.25) is 0 Å². The Morgan fingerprint density at radius 1 is 1.15 bits per heavy atom. The maximum Gasteiger partial charge on any atom is 0.305 e. The van der Waals surface area contributed by atoms with E-state index >= 15 is 0 Å². The Labute approximate surface area is 283 Å². The summed E-state index contributed by atoms with van der Waals surface area (Å²) < 4.78 is 52.1. The zero-order valence-corrected chi connectivity index (χ0v) is 29.4. The highest BCUT2D eigenvalue weighted by atomic mass is 32.2. The molecule has 260 valence electrons. The largest absolute Gasteiger partial charge is 0.598 e. The average molecular weight is 686 g/mol. The normalized spacial score (nSPS) is 18.1. The molecular formula is C35H44FN3O8S. The molecule has 13 heteroatoms. The SMILES string of the molecule is CCC(=O)OC(C)COc1ccc(C(=O)NCC(C)(O)c2cc3c(c(-c4ccc(F)cc4)n2)OCC3(C)N[S+]([O-])C(C)(C)C)cc1OC. The number of halogens is 1. The fraction of sp³-hybridized carbons (Fsp3) is 0.457. The van der Waals surface area contributed by atoms with Crippen LogP contribution in [0.3, 0.4) is 0 Å². The summed E-state index contributed by atoms with van der Waals surface area (Å²) in [6, 6.07) is 12.1. The third-order valence-corrected chi connectivity index (χ3v) is 9.48. The average Bonchev–Trinajstić information content (AvgIpc) is 3.37. The van der Waals surface area contributed by atoms with Crippen molar-refractivity contribution in [3.8, 4) is 28.5 Å². The molecule has 0 spiro atoms. The van der Waals surface area contributed by atoms with Crippen LogP contribution < -0.4 is 24.2 Å². The summed E-state index contributed by atoms with van der Waals surface area (Å²) in [6.07, 6.45) is -0.225. The summed E-state index contributed by atoms with van der Waals surface area (Å²) >= 11 is -1.46.